The molecule has 2 N–H and O–H groups in total. The second-order valence-corrected chi connectivity index (χ2v) is 9.98. The van der Waals surface area contributed by atoms with E-state index in [0.717, 1.165) is 27.8 Å². The smallest absolute Gasteiger partial charge is 0.339 e. The molecule has 1 aliphatic carbocycles. The summed E-state index contributed by atoms with van der Waals surface area (Å²) in [7, 11) is 0. The summed E-state index contributed by atoms with van der Waals surface area (Å²) in [6.07, 6.45) is 11.4. The predicted molar refractivity (Wildman–Crippen MR) is 154 cm³/mol. The van der Waals surface area contributed by atoms with Gasteiger partial charge in [-0.3, -0.25) is 0 Å². The third-order valence-electron chi connectivity index (χ3n) is 6.04. The molecule has 40 heavy (non-hydrogen) atoms. The molecular weight excluding hydrogens is 508 g/mol. The Kier molecular flexibility index (Phi) is 9.22. The molecule has 0 amide bonds. The number of aromatic carboxylic acids is 1. The number of hydrogen-bond acceptors (Lipinski definition) is 7. The third-order valence-corrected chi connectivity index (χ3v) is 6.04. The molecule has 2 aromatic heterocycles. The van der Waals surface area contributed by atoms with Crippen molar-refractivity contribution in [3.8, 4) is 23.3 Å². The minimum atomic E-state index is -1.22. The number of aromatic hydroxyl groups is 1. The largest absolute Gasteiger partial charge is 0.507 e. The van der Waals surface area contributed by atoms with E-state index in [1.807, 2.05) is 58.2 Å². The Bertz CT molecular complexity index is 1420. The van der Waals surface area contributed by atoms with Crippen molar-refractivity contribution in [3.63, 3.8) is 0 Å². The van der Waals surface area contributed by atoms with Crippen molar-refractivity contribution in [3.05, 3.63) is 95.3 Å². The third kappa shape index (κ3) is 7.72. The maximum Gasteiger partial charge on any atom is 0.339 e. The van der Waals surface area contributed by atoms with Gasteiger partial charge in [0.15, 0.2) is 0 Å². The molecule has 0 atom stereocenters. The summed E-state index contributed by atoms with van der Waals surface area (Å²) in [4.78, 5) is 20.4. The van der Waals surface area contributed by atoms with Crippen molar-refractivity contribution in [1.29, 1.82) is 0 Å². The summed E-state index contributed by atoms with van der Waals surface area (Å²) in [6, 6.07) is 11.9. The summed E-state index contributed by atoms with van der Waals surface area (Å²) in [6.45, 7) is 8.11. The van der Waals surface area contributed by atoms with Crippen LogP contribution in [-0.2, 0) is 0 Å². The fourth-order valence-corrected chi connectivity index (χ4v) is 4.10. The number of pyridine rings is 2. The summed E-state index contributed by atoms with van der Waals surface area (Å²) in [5.74, 6) is -0.00217. The number of carboxylic acid groups (broad SMARTS) is 1. The average Bonchev–Trinajstić information content (AvgIpc) is 2.90. The highest BCUT2D eigenvalue weighted by Gasteiger charge is 2.13. The Labute approximate surface area is 234 Å². The molecule has 3 aromatic rings. The summed E-state index contributed by atoms with van der Waals surface area (Å²) in [5.41, 5.74) is 4.81. The van der Waals surface area contributed by atoms with E-state index in [0.29, 0.717) is 30.4 Å². The Hall–Kier alpha value is -4.59. The first-order chi connectivity index (χ1) is 19.2. The number of allylic oxidation sites excluding steroid dienone is 5. The van der Waals surface area contributed by atoms with E-state index < -0.39 is 5.97 Å². The molecule has 0 fully saturated rings. The second-order valence-electron chi connectivity index (χ2n) is 9.98. The second kappa shape index (κ2) is 13.0. The summed E-state index contributed by atoms with van der Waals surface area (Å²) in [5, 5.41) is 19.1. The fourth-order valence-electron chi connectivity index (χ4n) is 4.10. The lowest BCUT2D eigenvalue weighted by Gasteiger charge is -2.16. The molecule has 4 rings (SSSR count). The number of nitrogens with zero attached hydrogens (tertiary/aromatic N) is 2. The molecule has 0 radical (unpaired) electrons. The highest BCUT2D eigenvalue weighted by Crippen LogP contribution is 2.31. The highest BCUT2D eigenvalue weighted by molar-refractivity contribution is 5.91. The van der Waals surface area contributed by atoms with Gasteiger partial charge in [0.1, 0.15) is 23.7 Å². The van der Waals surface area contributed by atoms with Crippen LogP contribution in [0, 0.1) is 0 Å². The molecule has 1 aromatic carbocycles. The van der Waals surface area contributed by atoms with Gasteiger partial charge in [-0.25, -0.2) is 14.8 Å². The van der Waals surface area contributed by atoms with E-state index >= 15 is 0 Å². The van der Waals surface area contributed by atoms with Gasteiger partial charge in [-0.1, -0.05) is 18.2 Å². The number of benzene rings is 1. The Morgan fingerprint density at radius 3 is 2.10 bits per heavy atom. The zero-order valence-corrected chi connectivity index (χ0v) is 23.1. The zero-order valence-electron chi connectivity index (χ0n) is 23.1. The van der Waals surface area contributed by atoms with Crippen LogP contribution in [-0.4, -0.2) is 45.0 Å². The molecule has 208 valence electrons. The summed E-state index contributed by atoms with van der Waals surface area (Å²) >= 11 is 0. The number of aromatic nitrogens is 2. The molecule has 1 aliphatic rings. The van der Waals surface area contributed by atoms with E-state index in [9.17, 15) is 15.0 Å². The SMILES string of the molecule is CC(C)Oc1ccc(C2=C/C/C(COc3ccc(O)c(C(=O)O)c3)=C\C/C(c3ccc(OC(C)C)nc3)=C\2)cn1. The molecule has 8 heteroatoms. The number of rotatable bonds is 10. The van der Waals surface area contributed by atoms with Gasteiger partial charge < -0.3 is 24.4 Å². The quantitative estimate of drug-likeness (QED) is 0.272. The number of phenols is 1. The molecule has 0 spiro atoms. The van der Waals surface area contributed by atoms with Crippen LogP contribution in [0.4, 0.5) is 0 Å². The van der Waals surface area contributed by atoms with Gasteiger partial charge in [-0.05, 0) is 98.7 Å². The molecule has 8 nitrogen and oxygen atoms in total. The van der Waals surface area contributed by atoms with Crippen LogP contribution in [0.1, 0.15) is 62.0 Å². The van der Waals surface area contributed by atoms with Crippen molar-refractivity contribution in [2.45, 2.75) is 52.7 Å². The first kappa shape index (κ1) is 28.4. The van der Waals surface area contributed by atoms with E-state index in [1.165, 1.54) is 12.1 Å². The molecule has 0 saturated carbocycles. The van der Waals surface area contributed by atoms with Gasteiger partial charge in [-0.15, -0.1) is 0 Å². The molecule has 0 aliphatic heterocycles. The van der Waals surface area contributed by atoms with Crippen LogP contribution in [0.2, 0.25) is 0 Å². The van der Waals surface area contributed by atoms with Crippen LogP contribution in [0.25, 0.3) is 11.1 Å². The van der Waals surface area contributed by atoms with Crippen molar-refractivity contribution in [2.24, 2.45) is 0 Å². The minimum Gasteiger partial charge on any atom is -0.507 e. The van der Waals surface area contributed by atoms with Crippen molar-refractivity contribution >= 4 is 17.1 Å². The number of carbonyl (C=O) groups is 1. The molecular formula is C32H34N2O6. The zero-order chi connectivity index (χ0) is 28.6. The first-order valence-electron chi connectivity index (χ1n) is 13.2. The number of ether oxygens (including phenoxy) is 3. The fraction of sp³-hybridized carbons (Fsp3) is 0.281. The lowest BCUT2D eigenvalue weighted by molar-refractivity contribution is 0.0693. The van der Waals surface area contributed by atoms with Gasteiger partial charge in [0.25, 0.3) is 0 Å². The van der Waals surface area contributed by atoms with Gasteiger partial charge in [0.05, 0.1) is 12.2 Å². The number of carboxylic acids is 1. The van der Waals surface area contributed by atoms with Crippen LogP contribution in [0.15, 0.2) is 78.7 Å². The molecule has 2 heterocycles. The van der Waals surface area contributed by atoms with Crippen LogP contribution < -0.4 is 14.2 Å². The maximum absolute atomic E-state index is 11.4. The molecule has 0 unspecified atom stereocenters. The topological polar surface area (TPSA) is 111 Å². The Morgan fingerprint density at radius 2 is 1.52 bits per heavy atom. The van der Waals surface area contributed by atoms with E-state index in [4.69, 9.17) is 14.2 Å². The lowest BCUT2D eigenvalue weighted by atomic mass is 9.93. The van der Waals surface area contributed by atoms with E-state index in [1.54, 1.807) is 12.3 Å². The first-order valence-corrected chi connectivity index (χ1v) is 13.2. The van der Waals surface area contributed by atoms with Crippen LogP contribution in [0.5, 0.6) is 23.3 Å². The van der Waals surface area contributed by atoms with Crippen molar-refractivity contribution in [1.82, 2.24) is 9.97 Å². The van der Waals surface area contributed by atoms with Crippen molar-refractivity contribution < 1.29 is 29.2 Å². The average molecular weight is 543 g/mol. The van der Waals surface area contributed by atoms with Gasteiger partial charge in [0, 0.05) is 24.5 Å². The van der Waals surface area contributed by atoms with E-state index in [-0.39, 0.29) is 30.1 Å². The monoisotopic (exact) mass is 542 g/mol. The van der Waals surface area contributed by atoms with Crippen molar-refractivity contribution in [2.75, 3.05) is 6.61 Å². The highest BCUT2D eigenvalue weighted by atomic mass is 16.5. The normalized spacial score (nSPS) is 17.5. The van der Waals surface area contributed by atoms with Gasteiger partial charge in [-0.2, -0.15) is 0 Å². The Morgan fingerprint density at radius 1 is 0.875 bits per heavy atom. The standard InChI is InChI=1S/C32H34N2O6/c1-20(2)39-30-13-9-25(17-33-30)23-7-5-22(19-38-27-11-12-29(35)28(16-27)32(36)37)6-8-24(15-23)26-10-14-31(34-18-26)40-21(3)4/h5,8-18,20-21,35H,6-7,19H2,1-4H3,(H,36,37)/b22-5+,23-15+,24-8+. The van der Waals surface area contributed by atoms with Gasteiger partial charge in [0.2, 0.25) is 11.8 Å². The van der Waals surface area contributed by atoms with Crippen LogP contribution >= 0.6 is 0 Å². The van der Waals surface area contributed by atoms with Gasteiger partial charge >= 0.3 is 5.97 Å². The molecule has 0 saturated heterocycles. The molecule has 0 bridgehead atoms. The Balaban J connectivity index is 1.61. The minimum absolute atomic E-state index is 0.0356. The number of hydrogen-bond donors (Lipinski definition) is 2. The van der Waals surface area contributed by atoms with Crippen LogP contribution in [0.3, 0.4) is 0 Å². The maximum atomic E-state index is 11.4. The predicted octanol–water partition coefficient (Wildman–Crippen LogP) is 6.72. The lowest BCUT2D eigenvalue weighted by Crippen LogP contribution is -2.07. The van der Waals surface area contributed by atoms with E-state index in [2.05, 4.69) is 28.2 Å². The summed E-state index contributed by atoms with van der Waals surface area (Å²) < 4.78 is 17.3.